The van der Waals surface area contributed by atoms with E-state index in [4.69, 9.17) is 24.9 Å². The number of fused-ring (bicyclic) bond motifs is 2. The van der Waals surface area contributed by atoms with Crippen LogP contribution < -0.4 is 0 Å². The molecular weight excluding hydrogens is 733 g/mol. The zero-order chi connectivity index (χ0) is 40.2. The molecule has 60 heavy (non-hydrogen) atoms. The molecule has 4 heterocycles. The number of aromatic nitrogens is 6. The summed E-state index contributed by atoms with van der Waals surface area (Å²) in [5, 5.41) is 1.24. The molecule has 0 radical (unpaired) electrons. The van der Waals surface area contributed by atoms with E-state index in [1.807, 2.05) is 72.8 Å². The lowest BCUT2D eigenvalue weighted by atomic mass is 9.71. The average Bonchev–Trinajstić information content (AvgIpc) is 3.72. The third kappa shape index (κ3) is 5.84. The molecule has 7 aromatic carbocycles. The largest absolute Gasteiger partial charge is 0.315 e. The van der Waals surface area contributed by atoms with E-state index < -0.39 is 5.41 Å². The van der Waals surface area contributed by atoms with E-state index in [2.05, 4.69) is 140 Å². The molecule has 0 spiro atoms. The minimum Gasteiger partial charge on any atom is -0.315 e. The molecule has 0 fully saturated rings. The van der Waals surface area contributed by atoms with Crippen molar-refractivity contribution in [2.75, 3.05) is 0 Å². The quantitative estimate of drug-likeness (QED) is 0.161. The molecule has 0 aliphatic carbocycles. The Morgan fingerprint density at radius 1 is 0.383 bits per heavy atom. The van der Waals surface area contributed by atoms with Crippen LogP contribution in [-0.2, 0) is 5.41 Å². The van der Waals surface area contributed by atoms with Crippen LogP contribution in [0.2, 0.25) is 0 Å². The summed E-state index contributed by atoms with van der Waals surface area (Å²) < 4.78 is 2.40. The summed E-state index contributed by atoms with van der Waals surface area (Å²) >= 11 is 0. The maximum absolute atomic E-state index is 5.50. The highest BCUT2D eigenvalue weighted by Crippen LogP contribution is 2.52. The van der Waals surface area contributed by atoms with Crippen LogP contribution in [0, 0.1) is 0 Å². The Labute approximate surface area is 348 Å². The van der Waals surface area contributed by atoms with Gasteiger partial charge in [-0.2, -0.15) is 0 Å². The molecule has 0 saturated carbocycles. The third-order valence-electron chi connectivity index (χ3n) is 11.7. The summed E-state index contributed by atoms with van der Waals surface area (Å²) in [7, 11) is 0. The summed E-state index contributed by atoms with van der Waals surface area (Å²) in [6.45, 7) is 4.70. The van der Waals surface area contributed by atoms with Gasteiger partial charge in [0.2, 0.25) is 5.82 Å². The van der Waals surface area contributed by atoms with Crippen molar-refractivity contribution in [3.05, 3.63) is 205 Å². The van der Waals surface area contributed by atoms with Crippen molar-refractivity contribution in [3.8, 4) is 84.9 Å². The molecule has 1 aliphatic heterocycles. The van der Waals surface area contributed by atoms with Gasteiger partial charge >= 0.3 is 0 Å². The molecule has 0 bridgehead atoms. The van der Waals surface area contributed by atoms with Crippen LogP contribution in [0.25, 0.3) is 95.8 Å². The summed E-state index contributed by atoms with van der Waals surface area (Å²) in [6.07, 6.45) is 2.31. The fraction of sp³-hybridized carbons (Fsp3) is 0.0556. The number of nitrogens with zero attached hydrogens (tertiary/aromatic N) is 6. The molecule has 6 heteroatoms. The monoisotopic (exact) mass is 770 g/mol. The Bertz CT molecular complexity index is 3080. The van der Waals surface area contributed by atoms with Crippen molar-refractivity contribution in [1.82, 2.24) is 29.5 Å². The predicted octanol–water partition coefficient (Wildman–Crippen LogP) is 12.9. The van der Waals surface area contributed by atoms with E-state index in [-0.39, 0.29) is 0 Å². The van der Waals surface area contributed by atoms with E-state index >= 15 is 0 Å². The van der Waals surface area contributed by atoms with Gasteiger partial charge in [-0.3, -0.25) is 0 Å². The van der Waals surface area contributed by atoms with Crippen LogP contribution in [0.1, 0.15) is 25.0 Å². The van der Waals surface area contributed by atoms with Crippen molar-refractivity contribution in [2.24, 2.45) is 0 Å². The van der Waals surface area contributed by atoms with E-state index in [0.29, 0.717) is 23.3 Å². The Hall–Kier alpha value is -7.83. The zero-order valence-corrected chi connectivity index (χ0v) is 33.2. The van der Waals surface area contributed by atoms with Crippen molar-refractivity contribution in [1.29, 1.82) is 0 Å². The second kappa shape index (κ2) is 14.2. The molecule has 0 saturated heterocycles. The summed E-state index contributed by atoms with van der Waals surface area (Å²) in [5.41, 5.74) is 14.2. The molecule has 6 nitrogen and oxygen atoms in total. The first-order chi connectivity index (χ1) is 29.5. The van der Waals surface area contributed by atoms with Gasteiger partial charge in [-0.15, -0.1) is 0 Å². The molecule has 0 amide bonds. The molecule has 0 atom stereocenters. The lowest BCUT2D eigenvalue weighted by Gasteiger charge is -2.36. The van der Waals surface area contributed by atoms with Crippen molar-refractivity contribution in [3.63, 3.8) is 0 Å². The van der Waals surface area contributed by atoms with Crippen LogP contribution in [0.4, 0.5) is 0 Å². The third-order valence-corrected chi connectivity index (χ3v) is 11.7. The average molecular weight is 771 g/mol. The summed E-state index contributed by atoms with van der Waals surface area (Å²) in [5.74, 6) is 1.93. The number of hydrogen-bond acceptors (Lipinski definition) is 5. The molecule has 10 aromatic rings. The summed E-state index contributed by atoms with van der Waals surface area (Å²) in [4.78, 5) is 26.1. The number of hydrogen-bond donors (Lipinski definition) is 0. The van der Waals surface area contributed by atoms with Crippen molar-refractivity contribution >= 4 is 10.9 Å². The topological polar surface area (TPSA) is 69.4 Å². The van der Waals surface area contributed by atoms with E-state index in [1.54, 1.807) is 0 Å². The highest BCUT2D eigenvalue weighted by molar-refractivity contribution is 6.02. The normalized spacial score (nSPS) is 12.6. The van der Waals surface area contributed by atoms with Crippen molar-refractivity contribution in [2.45, 2.75) is 19.3 Å². The molecule has 0 N–H and O–H groups in total. The maximum atomic E-state index is 5.50. The minimum atomic E-state index is -0.391. The standard InChI is InChI=1S/C54H38N6/c1-54(2)43-32-18-30-40-42(35-20-8-3-9-21-35)34-60(49(40)43)44-33-19-31-41(46(44)54)45-47(36-22-10-4-11-23-36)55-52(56-48(45)37-24-12-5-13-25-37)53-58-50(38-26-14-6-15-27-38)57-51(59-53)39-28-16-7-17-29-39/h3-34H,1-2H3. The highest BCUT2D eigenvalue weighted by atomic mass is 15.1. The molecule has 0 unspecified atom stereocenters. The molecule has 284 valence electrons. The second-order valence-electron chi connectivity index (χ2n) is 15.7. The fourth-order valence-electron chi connectivity index (χ4n) is 8.90. The van der Waals surface area contributed by atoms with Crippen LogP contribution in [0.5, 0.6) is 0 Å². The van der Waals surface area contributed by atoms with Crippen LogP contribution in [0.15, 0.2) is 194 Å². The first kappa shape index (κ1) is 35.3. The Morgan fingerprint density at radius 2 is 0.833 bits per heavy atom. The van der Waals surface area contributed by atoms with E-state index in [0.717, 1.165) is 50.5 Å². The van der Waals surface area contributed by atoms with Gasteiger partial charge in [0.25, 0.3) is 0 Å². The molecular formula is C54H38N6. The maximum Gasteiger partial charge on any atom is 0.201 e. The fourth-order valence-corrected chi connectivity index (χ4v) is 8.90. The van der Waals surface area contributed by atoms with Crippen LogP contribution >= 0.6 is 0 Å². The lowest BCUT2D eigenvalue weighted by Crippen LogP contribution is -2.27. The Kier molecular flexibility index (Phi) is 8.38. The minimum absolute atomic E-state index is 0.391. The first-order valence-electron chi connectivity index (χ1n) is 20.3. The number of rotatable bonds is 7. The zero-order valence-electron chi connectivity index (χ0n) is 33.2. The van der Waals surface area contributed by atoms with Crippen LogP contribution in [-0.4, -0.2) is 29.5 Å². The molecule has 3 aromatic heterocycles. The first-order valence-corrected chi connectivity index (χ1v) is 20.3. The summed E-state index contributed by atoms with van der Waals surface area (Å²) in [6, 6.07) is 65.0. The SMILES string of the molecule is CC1(C)c2c(-c3c(-c4ccccc4)nc(-c4nc(-c5ccccc5)nc(-c5ccccc5)n4)nc3-c3ccccc3)cccc2-n2cc(-c3ccccc3)c3cccc1c32. The Balaban J connectivity index is 1.22. The van der Waals surface area contributed by atoms with E-state index in [9.17, 15) is 0 Å². The van der Waals surface area contributed by atoms with Gasteiger partial charge in [0.15, 0.2) is 17.5 Å². The highest BCUT2D eigenvalue weighted by Gasteiger charge is 2.38. The van der Waals surface area contributed by atoms with Crippen molar-refractivity contribution < 1.29 is 0 Å². The number of para-hydroxylation sites is 1. The Morgan fingerprint density at radius 3 is 1.37 bits per heavy atom. The van der Waals surface area contributed by atoms with Gasteiger partial charge < -0.3 is 4.57 Å². The second-order valence-corrected chi connectivity index (χ2v) is 15.7. The molecule has 11 rings (SSSR count). The van der Waals surface area contributed by atoms with E-state index in [1.165, 1.54) is 33.2 Å². The molecule has 1 aliphatic rings. The number of benzene rings is 7. The van der Waals surface area contributed by atoms with Gasteiger partial charge in [0.05, 0.1) is 22.6 Å². The predicted molar refractivity (Wildman–Crippen MR) is 242 cm³/mol. The lowest BCUT2D eigenvalue weighted by molar-refractivity contribution is 0.630. The van der Waals surface area contributed by atoms with Gasteiger partial charge in [0.1, 0.15) is 0 Å². The smallest absolute Gasteiger partial charge is 0.201 e. The van der Waals surface area contributed by atoms with Gasteiger partial charge in [-0.25, -0.2) is 24.9 Å². The van der Waals surface area contributed by atoms with Crippen LogP contribution in [0.3, 0.4) is 0 Å². The van der Waals surface area contributed by atoms with Gasteiger partial charge in [0, 0.05) is 50.4 Å². The van der Waals surface area contributed by atoms with Gasteiger partial charge in [-0.05, 0) is 28.3 Å². The van der Waals surface area contributed by atoms with Gasteiger partial charge in [-0.1, -0.05) is 196 Å².